The van der Waals surface area contributed by atoms with Crippen molar-refractivity contribution in [2.75, 3.05) is 18.9 Å². The first-order chi connectivity index (χ1) is 20.6. The van der Waals surface area contributed by atoms with Crippen LogP contribution in [0.1, 0.15) is 31.6 Å². The molecule has 1 saturated carbocycles. The standard InChI is InChI=1S/C25H36N4O13P2.2Na/c1-14(30)27-11-17-9-16(10-18(17)39-12-15-5-3-2-4-6-15)24(43(34,35)36)42-44(37,38)40-13-19-21(31)22(32)23(41-19)29-8-7-20(26)28-25(29)33;;/h2-8,16-19,21-24,31-32H,9-13H2,1H3,(H,27,30)(H,37,38)(H2,26,28,33)(H2,34,35,36);;/q;2*+1/p-2/t16-,17+,18-,19-,21-,22-,23-,24?;;/m1../s1. The summed E-state index contributed by atoms with van der Waals surface area (Å²) < 4.78 is 47.0. The number of carbonyl (C=O) groups excluding carboxylic acids is 1. The molecule has 17 nitrogen and oxygen atoms in total. The zero-order chi connectivity index (χ0) is 32.2. The van der Waals surface area contributed by atoms with Gasteiger partial charge < -0.3 is 59.0 Å². The van der Waals surface area contributed by atoms with Crippen LogP contribution in [0.3, 0.4) is 0 Å². The molecule has 2 fully saturated rings. The first-order valence-electron chi connectivity index (χ1n) is 13.6. The maximum atomic E-state index is 12.8. The van der Waals surface area contributed by atoms with E-state index in [0.717, 1.165) is 16.3 Å². The van der Waals surface area contributed by atoms with Crippen molar-refractivity contribution in [3.63, 3.8) is 0 Å². The molecule has 1 amide bonds. The van der Waals surface area contributed by atoms with Gasteiger partial charge in [-0.05, 0) is 30.4 Å². The molecule has 0 spiro atoms. The number of amides is 1. The summed E-state index contributed by atoms with van der Waals surface area (Å²) in [5.41, 5.74) is 5.37. The van der Waals surface area contributed by atoms with Crippen molar-refractivity contribution in [3.8, 4) is 0 Å². The second kappa shape index (κ2) is 17.9. The third kappa shape index (κ3) is 11.3. The van der Waals surface area contributed by atoms with E-state index in [0.29, 0.717) is 0 Å². The predicted octanol–water partition coefficient (Wildman–Crippen LogP) is -7.43. The molecule has 46 heavy (non-hydrogen) atoms. The monoisotopic (exact) mass is 706 g/mol. The van der Waals surface area contributed by atoms with Crippen LogP contribution < -0.4 is 85.6 Å². The van der Waals surface area contributed by atoms with Gasteiger partial charge in [-0.25, -0.2) is 4.79 Å². The van der Waals surface area contributed by atoms with Gasteiger partial charge in [0.2, 0.25) is 5.91 Å². The van der Waals surface area contributed by atoms with Gasteiger partial charge in [0.05, 0.1) is 19.3 Å². The normalized spacial score (nSPS) is 29.0. The average Bonchev–Trinajstić information content (AvgIpc) is 3.48. The summed E-state index contributed by atoms with van der Waals surface area (Å²) in [4.78, 5) is 62.2. The van der Waals surface area contributed by atoms with Gasteiger partial charge in [0.25, 0.3) is 7.82 Å². The van der Waals surface area contributed by atoms with E-state index in [-0.39, 0.29) is 96.8 Å². The zero-order valence-corrected chi connectivity index (χ0v) is 31.3. The first-order valence-corrected chi connectivity index (χ1v) is 16.7. The largest absolute Gasteiger partial charge is 1.00 e. The fraction of sp³-hybridized carbons (Fsp3) is 0.560. The van der Waals surface area contributed by atoms with Gasteiger partial charge in [-0.15, -0.1) is 0 Å². The Morgan fingerprint density at radius 3 is 2.46 bits per heavy atom. The van der Waals surface area contributed by atoms with Crippen molar-refractivity contribution >= 4 is 27.1 Å². The fourth-order valence-corrected chi connectivity index (χ4v) is 7.71. The molecule has 244 valence electrons. The molecule has 1 aliphatic carbocycles. The van der Waals surface area contributed by atoms with Crippen LogP contribution in [0.15, 0.2) is 47.4 Å². The Kier molecular flexibility index (Phi) is 16.2. The summed E-state index contributed by atoms with van der Waals surface area (Å²) in [6.07, 6.45) is -5.87. The third-order valence-electron chi connectivity index (χ3n) is 7.41. The number of anilines is 1. The number of aliphatic hydroxyl groups excluding tert-OH is 2. The number of hydrogen-bond donors (Lipinski definition) is 5. The molecule has 10 atom stereocenters. The topological polar surface area (TPSA) is 268 Å². The summed E-state index contributed by atoms with van der Waals surface area (Å²) in [6.45, 7) is 0.629. The molecule has 21 heteroatoms. The second-order valence-electron chi connectivity index (χ2n) is 10.7. The number of ether oxygens (including phenoxy) is 2. The van der Waals surface area contributed by atoms with Crippen molar-refractivity contribution in [2.24, 2.45) is 11.8 Å². The molecule has 1 aromatic heterocycles. The SMILES string of the molecule is CC(=O)NC[C@@H]1C[C@@H](C(OP(=O)([O-])OC[C@H]2O[C@@H](n3ccc(N)nc3=O)[C@H](O)[C@@H]2O)P(=O)([O-])O)C[C@H]1OCc1ccccc1.[Na+].[Na+]. The predicted molar refractivity (Wildman–Crippen MR) is 147 cm³/mol. The van der Waals surface area contributed by atoms with Gasteiger partial charge in [0.1, 0.15) is 30.0 Å². The van der Waals surface area contributed by atoms with E-state index in [2.05, 4.69) is 10.3 Å². The van der Waals surface area contributed by atoms with Gasteiger partial charge in [-0.1, -0.05) is 30.3 Å². The molecule has 2 heterocycles. The minimum Gasteiger partial charge on any atom is -0.777 e. The molecular weight excluding hydrogens is 672 g/mol. The molecule has 0 bridgehead atoms. The number of rotatable bonds is 13. The van der Waals surface area contributed by atoms with Crippen LogP contribution in [-0.4, -0.2) is 74.0 Å². The molecule has 1 aliphatic heterocycles. The van der Waals surface area contributed by atoms with E-state index in [1.165, 1.54) is 13.0 Å². The zero-order valence-electron chi connectivity index (χ0n) is 25.5. The smallest absolute Gasteiger partial charge is 0.777 e. The summed E-state index contributed by atoms with van der Waals surface area (Å²) in [7, 11) is -11.0. The molecule has 4 rings (SSSR count). The van der Waals surface area contributed by atoms with Gasteiger partial charge in [-0.2, -0.15) is 4.98 Å². The summed E-state index contributed by atoms with van der Waals surface area (Å²) >= 11 is 0. The number of nitrogens with one attached hydrogen (secondary N) is 1. The van der Waals surface area contributed by atoms with E-state index >= 15 is 0 Å². The molecule has 3 unspecified atom stereocenters. The molecule has 1 saturated heterocycles. The molecular formula is C25H34N4Na2O13P2. The first kappa shape index (κ1) is 41.6. The Balaban J connectivity index is 0.00000368. The number of hydrogen-bond acceptors (Lipinski definition) is 14. The number of phosphoric acid groups is 1. The number of nitrogen functional groups attached to an aromatic ring is 1. The van der Waals surface area contributed by atoms with Crippen molar-refractivity contribution in [3.05, 3.63) is 58.6 Å². The van der Waals surface area contributed by atoms with Gasteiger partial charge in [0.15, 0.2) is 13.8 Å². The molecule has 6 N–H and O–H groups in total. The molecule has 0 radical (unpaired) electrons. The average molecular weight is 706 g/mol. The van der Waals surface area contributed by atoms with Crippen LogP contribution in [0.4, 0.5) is 5.82 Å². The Morgan fingerprint density at radius 1 is 1.17 bits per heavy atom. The van der Waals surface area contributed by atoms with E-state index in [9.17, 15) is 43.6 Å². The van der Waals surface area contributed by atoms with Crippen LogP contribution in [-0.2, 0) is 39.1 Å². The Bertz CT molecular complexity index is 1450. The second-order valence-corrected chi connectivity index (χ2v) is 13.7. The van der Waals surface area contributed by atoms with E-state index in [1.807, 2.05) is 30.3 Å². The molecule has 1 aromatic carbocycles. The van der Waals surface area contributed by atoms with Crippen LogP contribution in [0.5, 0.6) is 0 Å². The van der Waals surface area contributed by atoms with Crippen LogP contribution in [0.25, 0.3) is 0 Å². The summed E-state index contributed by atoms with van der Waals surface area (Å²) in [5.74, 6) is -4.20. The Morgan fingerprint density at radius 2 is 1.85 bits per heavy atom. The van der Waals surface area contributed by atoms with Crippen molar-refractivity contribution < 1.29 is 116 Å². The Labute approximate surface area is 308 Å². The van der Waals surface area contributed by atoms with Crippen LogP contribution in [0, 0.1) is 11.8 Å². The van der Waals surface area contributed by atoms with Crippen molar-refractivity contribution in [1.82, 2.24) is 14.9 Å². The number of phosphoric ester groups is 1. The number of carbonyl (C=O) groups is 1. The van der Waals surface area contributed by atoms with E-state index in [1.54, 1.807) is 0 Å². The maximum absolute atomic E-state index is 12.8. The van der Waals surface area contributed by atoms with Crippen molar-refractivity contribution in [1.29, 1.82) is 0 Å². The van der Waals surface area contributed by atoms with Gasteiger partial charge in [-0.3, -0.25) is 13.9 Å². The maximum Gasteiger partial charge on any atom is 1.00 e. The number of nitrogens with two attached hydrogens (primary N) is 1. The minimum absolute atomic E-state index is 0. The van der Waals surface area contributed by atoms with Gasteiger partial charge >= 0.3 is 64.8 Å². The summed E-state index contributed by atoms with van der Waals surface area (Å²) in [6, 6.07) is 10.3. The molecule has 2 aliphatic rings. The van der Waals surface area contributed by atoms with Crippen LogP contribution >= 0.6 is 15.4 Å². The van der Waals surface area contributed by atoms with Gasteiger partial charge in [0, 0.05) is 25.6 Å². The van der Waals surface area contributed by atoms with E-state index < -0.39 is 76.0 Å². The third-order valence-corrected chi connectivity index (χ3v) is 9.70. The Hall–Kier alpha value is -0.530. The number of aromatic nitrogens is 2. The minimum atomic E-state index is -5.50. The molecule has 2 aromatic rings. The number of benzene rings is 1. The fourth-order valence-electron chi connectivity index (χ4n) is 5.29. The summed E-state index contributed by atoms with van der Waals surface area (Å²) in [5, 5.41) is 23.4. The number of aliphatic hydroxyl groups is 2. The number of nitrogens with zero attached hydrogens (tertiary/aromatic N) is 2. The van der Waals surface area contributed by atoms with Crippen molar-refractivity contribution in [2.45, 2.75) is 62.9 Å². The van der Waals surface area contributed by atoms with E-state index in [4.69, 9.17) is 24.3 Å². The quantitative estimate of drug-likeness (QED) is 0.0957. The van der Waals surface area contributed by atoms with Crippen LogP contribution in [0.2, 0.25) is 0 Å².